The number of carbonyl (C=O) groups excluding carboxylic acids is 2. The molecule has 0 bridgehead atoms. The van der Waals surface area contributed by atoms with Crippen LogP contribution in [0.1, 0.15) is 57.8 Å². The molecule has 1 saturated carbocycles. The third-order valence-corrected chi connectivity index (χ3v) is 7.00. The Hall–Kier alpha value is -2.94. The van der Waals surface area contributed by atoms with Crippen LogP contribution in [0, 0.1) is 12.8 Å². The number of aryl methyl sites for hydroxylation is 1. The van der Waals surface area contributed by atoms with Gasteiger partial charge in [0.25, 0.3) is 0 Å². The van der Waals surface area contributed by atoms with E-state index in [9.17, 15) is 9.59 Å². The van der Waals surface area contributed by atoms with Crippen molar-refractivity contribution in [2.24, 2.45) is 10.9 Å². The summed E-state index contributed by atoms with van der Waals surface area (Å²) in [5, 5.41) is 0. The highest BCUT2D eigenvalue weighted by molar-refractivity contribution is 6.12. The topological polar surface area (TPSA) is 99.5 Å². The minimum atomic E-state index is -0.370. The van der Waals surface area contributed by atoms with E-state index in [2.05, 4.69) is 4.99 Å². The first-order chi connectivity index (χ1) is 17.2. The SMILES string of the molecule is Cc1nc(C2=C(COC(=O)N(C)C3COC3)[C@@H](C)N=C2)ccc1O[C@H]1CCC[C@H](C(=O)OC(C)C)C1. The number of esters is 1. The number of allylic oxidation sites excluding steroid dienone is 1. The van der Waals surface area contributed by atoms with Gasteiger partial charge in [0, 0.05) is 24.4 Å². The van der Waals surface area contributed by atoms with Crippen molar-refractivity contribution in [1.29, 1.82) is 0 Å². The summed E-state index contributed by atoms with van der Waals surface area (Å²) in [5.41, 5.74) is 3.32. The van der Waals surface area contributed by atoms with Crippen LogP contribution in [0.25, 0.3) is 5.57 Å². The number of hydrogen-bond acceptors (Lipinski definition) is 8. The first-order valence-corrected chi connectivity index (χ1v) is 12.8. The molecule has 3 heterocycles. The molecule has 0 spiro atoms. The van der Waals surface area contributed by atoms with Crippen molar-refractivity contribution in [1.82, 2.24) is 9.88 Å². The predicted octanol–water partition coefficient (Wildman–Crippen LogP) is 3.97. The number of pyridine rings is 1. The van der Waals surface area contributed by atoms with Crippen molar-refractivity contribution in [3.05, 3.63) is 29.1 Å². The Morgan fingerprint density at radius 3 is 2.67 bits per heavy atom. The van der Waals surface area contributed by atoms with Gasteiger partial charge in [-0.2, -0.15) is 0 Å². The Balaban J connectivity index is 1.40. The van der Waals surface area contributed by atoms with Crippen molar-refractivity contribution in [3.8, 4) is 5.75 Å². The molecule has 2 aliphatic heterocycles. The van der Waals surface area contributed by atoms with E-state index in [1.54, 1.807) is 18.2 Å². The molecule has 1 aliphatic carbocycles. The maximum Gasteiger partial charge on any atom is 0.410 e. The fraction of sp³-hybridized carbons (Fsp3) is 0.630. The number of aromatic nitrogens is 1. The molecule has 2 fully saturated rings. The van der Waals surface area contributed by atoms with Crippen molar-refractivity contribution >= 4 is 23.9 Å². The zero-order chi connectivity index (χ0) is 25.8. The molecule has 196 valence electrons. The molecule has 0 N–H and O–H groups in total. The van der Waals surface area contributed by atoms with Crippen LogP contribution in [0.5, 0.6) is 5.75 Å². The summed E-state index contributed by atoms with van der Waals surface area (Å²) in [7, 11) is 1.73. The summed E-state index contributed by atoms with van der Waals surface area (Å²) in [5.74, 6) is 0.453. The summed E-state index contributed by atoms with van der Waals surface area (Å²) >= 11 is 0. The van der Waals surface area contributed by atoms with E-state index < -0.39 is 0 Å². The molecular weight excluding hydrogens is 462 g/mol. The molecule has 3 aliphatic rings. The van der Waals surface area contributed by atoms with E-state index in [-0.39, 0.29) is 48.9 Å². The molecule has 1 aromatic rings. The van der Waals surface area contributed by atoms with Gasteiger partial charge in [0.1, 0.15) is 12.4 Å². The van der Waals surface area contributed by atoms with E-state index >= 15 is 0 Å². The number of aliphatic imine (C=N–C) groups is 1. The second-order valence-corrected chi connectivity index (χ2v) is 10.1. The molecule has 0 unspecified atom stereocenters. The number of nitrogens with zero attached hydrogens (tertiary/aromatic N) is 3. The molecular formula is C27H37N3O6. The average molecular weight is 500 g/mol. The molecule has 9 nitrogen and oxygen atoms in total. The number of likely N-dealkylation sites (N-methyl/N-ethyl adjacent to an activating group) is 1. The first kappa shape index (κ1) is 26.1. The molecule has 0 aromatic carbocycles. The maximum absolute atomic E-state index is 12.4. The number of amides is 1. The van der Waals surface area contributed by atoms with Gasteiger partial charge in [-0.15, -0.1) is 0 Å². The third-order valence-electron chi connectivity index (χ3n) is 7.00. The Morgan fingerprint density at radius 1 is 1.22 bits per heavy atom. The third kappa shape index (κ3) is 6.06. The number of rotatable bonds is 8. The van der Waals surface area contributed by atoms with Crippen LogP contribution in [0.3, 0.4) is 0 Å². The molecule has 1 saturated heterocycles. The van der Waals surface area contributed by atoms with Gasteiger partial charge in [-0.3, -0.25) is 9.79 Å². The molecule has 9 heteroatoms. The van der Waals surface area contributed by atoms with Crippen LogP contribution in [0.4, 0.5) is 4.79 Å². The van der Waals surface area contributed by atoms with Crippen LogP contribution in [0.2, 0.25) is 0 Å². The van der Waals surface area contributed by atoms with Crippen LogP contribution >= 0.6 is 0 Å². The first-order valence-electron chi connectivity index (χ1n) is 12.8. The van der Waals surface area contributed by atoms with E-state index in [4.69, 9.17) is 23.9 Å². The smallest absolute Gasteiger partial charge is 0.410 e. The predicted molar refractivity (Wildman–Crippen MR) is 135 cm³/mol. The Morgan fingerprint density at radius 2 is 2.00 bits per heavy atom. The van der Waals surface area contributed by atoms with Crippen LogP contribution in [-0.4, -0.2) is 79.3 Å². The van der Waals surface area contributed by atoms with Gasteiger partial charge in [-0.25, -0.2) is 9.78 Å². The molecule has 36 heavy (non-hydrogen) atoms. The van der Waals surface area contributed by atoms with Gasteiger partial charge >= 0.3 is 12.1 Å². The lowest BCUT2D eigenvalue weighted by Gasteiger charge is -2.33. The van der Waals surface area contributed by atoms with Crippen molar-refractivity contribution < 1.29 is 28.5 Å². The van der Waals surface area contributed by atoms with Gasteiger partial charge in [0.2, 0.25) is 0 Å². The molecule has 0 radical (unpaired) electrons. The average Bonchev–Trinajstić information content (AvgIpc) is 3.17. The zero-order valence-electron chi connectivity index (χ0n) is 21.9. The Bertz CT molecular complexity index is 1030. The van der Waals surface area contributed by atoms with Gasteiger partial charge in [0.05, 0.1) is 54.8 Å². The lowest BCUT2D eigenvalue weighted by molar-refractivity contribution is -0.154. The summed E-state index contributed by atoms with van der Waals surface area (Å²) in [6, 6.07) is 3.81. The second kappa shape index (κ2) is 11.4. The van der Waals surface area contributed by atoms with Crippen molar-refractivity contribution in [2.45, 2.75) is 77.7 Å². The quantitative estimate of drug-likeness (QED) is 0.499. The highest BCUT2D eigenvalue weighted by Crippen LogP contribution is 2.32. The number of carbonyl (C=O) groups is 2. The number of ether oxygens (including phenoxy) is 4. The van der Waals surface area contributed by atoms with E-state index in [1.165, 1.54) is 0 Å². The fourth-order valence-electron chi connectivity index (χ4n) is 4.65. The molecule has 1 amide bonds. The highest BCUT2D eigenvalue weighted by atomic mass is 16.6. The van der Waals surface area contributed by atoms with Gasteiger partial charge < -0.3 is 23.8 Å². The minimum absolute atomic E-state index is 0.0462. The van der Waals surface area contributed by atoms with E-state index in [0.717, 1.165) is 41.8 Å². The lowest BCUT2D eigenvalue weighted by atomic mass is 9.87. The van der Waals surface area contributed by atoms with E-state index in [1.807, 2.05) is 39.8 Å². The largest absolute Gasteiger partial charge is 0.489 e. The minimum Gasteiger partial charge on any atom is -0.489 e. The summed E-state index contributed by atoms with van der Waals surface area (Å²) < 4.78 is 22.4. The van der Waals surface area contributed by atoms with Crippen LogP contribution < -0.4 is 4.74 Å². The Labute approximate surface area is 212 Å². The summed E-state index contributed by atoms with van der Waals surface area (Å²) in [6.45, 7) is 8.87. The summed E-state index contributed by atoms with van der Waals surface area (Å²) in [4.78, 5) is 35.6. The maximum atomic E-state index is 12.4. The van der Waals surface area contributed by atoms with Gasteiger partial charge in [-0.1, -0.05) is 0 Å². The monoisotopic (exact) mass is 499 g/mol. The normalized spacial score (nSPS) is 24.0. The van der Waals surface area contributed by atoms with Crippen LogP contribution in [0.15, 0.2) is 22.7 Å². The molecule has 3 atom stereocenters. The van der Waals surface area contributed by atoms with Crippen LogP contribution in [-0.2, 0) is 19.0 Å². The van der Waals surface area contributed by atoms with Crippen molar-refractivity contribution in [3.63, 3.8) is 0 Å². The van der Waals surface area contributed by atoms with E-state index in [0.29, 0.717) is 25.4 Å². The molecule has 1 aromatic heterocycles. The van der Waals surface area contributed by atoms with Gasteiger partial charge in [-0.05, 0) is 65.5 Å². The fourth-order valence-corrected chi connectivity index (χ4v) is 4.65. The second-order valence-electron chi connectivity index (χ2n) is 10.1. The van der Waals surface area contributed by atoms with Gasteiger partial charge in [0.15, 0.2) is 0 Å². The number of hydrogen-bond donors (Lipinski definition) is 0. The zero-order valence-corrected chi connectivity index (χ0v) is 21.9. The highest BCUT2D eigenvalue weighted by Gasteiger charge is 2.31. The summed E-state index contributed by atoms with van der Waals surface area (Å²) in [6.07, 6.45) is 4.59. The Kier molecular flexibility index (Phi) is 8.28. The molecule has 4 rings (SSSR count). The van der Waals surface area contributed by atoms with Crippen molar-refractivity contribution in [2.75, 3.05) is 26.9 Å². The lowest BCUT2D eigenvalue weighted by Crippen LogP contribution is -2.49. The standard InChI is InChI=1S/C27H37N3O6/c1-16(2)35-26(31)19-7-6-8-21(11-19)36-25-10-9-24(29-18(25)4)22-12-28-17(3)23(22)15-34-27(32)30(5)20-13-33-14-20/h9-10,12,16-17,19-21H,6-8,11,13-15H2,1-5H3/t17-,19+,21+/m1/s1.